The lowest BCUT2D eigenvalue weighted by molar-refractivity contribution is -0.0491. The Kier molecular flexibility index (Phi) is 3.96. The zero-order valence-corrected chi connectivity index (χ0v) is 14.3. The number of para-hydroxylation sites is 1. The van der Waals surface area contributed by atoms with Crippen LogP contribution in [-0.2, 0) is 5.60 Å². The molecule has 130 valence electrons. The molecular weight excluding hydrogens is 316 g/mol. The highest BCUT2D eigenvalue weighted by atomic mass is 16.5. The summed E-state index contributed by atoms with van der Waals surface area (Å²) in [6.45, 7) is 0. The number of aromatic nitrogens is 1. The maximum absolute atomic E-state index is 12.9. The van der Waals surface area contributed by atoms with Gasteiger partial charge in [-0.3, -0.25) is 9.78 Å². The molecule has 4 rings (SSSR count). The van der Waals surface area contributed by atoms with Gasteiger partial charge in [0, 0.05) is 48.4 Å². The smallest absolute Gasteiger partial charge is 0.254 e. The van der Waals surface area contributed by atoms with E-state index in [2.05, 4.69) is 4.98 Å². The van der Waals surface area contributed by atoms with Crippen LogP contribution in [0.3, 0.4) is 0 Å². The summed E-state index contributed by atoms with van der Waals surface area (Å²) >= 11 is 0. The summed E-state index contributed by atoms with van der Waals surface area (Å²) in [5.41, 5.74) is 0.535. The van der Waals surface area contributed by atoms with Gasteiger partial charge < -0.3 is 14.7 Å². The number of benzene rings is 1. The number of fused-ring (bicyclic) bond motifs is 2. The molecule has 2 aromatic rings. The normalized spacial score (nSPS) is 28.0. The third-order valence-electron chi connectivity index (χ3n) is 5.54. The van der Waals surface area contributed by atoms with E-state index in [0.717, 1.165) is 18.4 Å². The molecule has 2 saturated heterocycles. The Labute approximate surface area is 147 Å². The van der Waals surface area contributed by atoms with E-state index in [0.29, 0.717) is 24.2 Å². The molecule has 0 saturated carbocycles. The van der Waals surface area contributed by atoms with Crippen molar-refractivity contribution in [2.24, 2.45) is 0 Å². The molecule has 5 nitrogen and oxygen atoms in total. The molecule has 0 aliphatic carbocycles. The van der Waals surface area contributed by atoms with Crippen LogP contribution in [0.4, 0.5) is 0 Å². The Bertz CT molecular complexity index is 764. The second kappa shape index (κ2) is 6.15. The predicted molar refractivity (Wildman–Crippen MR) is 93.3 cm³/mol. The summed E-state index contributed by atoms with van der Waals surface area (Å²) in [4.78, 5) is 18.9. The van der Waals surface area contributed by atoms with Gasteiger partial charge in [0.15, 0.2) is 0 Å². The minimum Gasteiger partial charge on any atom is -0.496 e. The van der Waals surface area contributed by atoms with Crippen molar-refractivity contribution in [3.63, 3.8) is 0 Å². The fourth-order valence-electron chi connectivity index (χ4n) is 4.45. The van der Waals surface area contributed by atoms with Gasteiger partial charge in [0.1, 0.15) is 5.75 Å². The molecule has 2 atom stereocenters. The molecule has 2 bridgehead atoms. The molecule has 2 aliphatic rings. The van der Waals surface area contributed by atoms with Gasteiger partial charge in [0.05, 0.1) is 12.7 Å². The second-order valence-electron chi connectivity index (χ2n) is 6.97. The number of nitrogens with zero attached hydrogens (tertiary/aromatic N) is 2. The van der Waals surface area contributed by atoms with Gasteiger partial charge >= 0.3 is 0 Å². The van der Waals surface area contributed by atoms with E-state index in [9.17, 15) is 9.90 Å². The molecule has 0 spiro atoms. The minimum atomic E-state index is -0.951. The van der Waals surface area contributed by atoms with Crippen molar-refractivity contribution in [1.82, 2.24) is 9.88 Å². The quantitative estimate of drug-likeness (QED) is 0.935. The standard InChI is InChI=1S/C20H22N2O3/c1-25-18-5-3-2-4-17(18)20(24)12-15-6-7-16(13-20)22(15)19(23)14-8-10-21-11-9-14/h2-5,8-11,15-16,24H,6-7,12-13H2,1H3. The molecule has 2 unspecified atom stereocenters. The molecule has 1 N–H and O–H groups in total. The molecule has 3 heterocycles. The predicted octanol–water partition coefficient (Wildman–Crippen LogP) is 2.75. The Morgan fingerprint density at radius 3 is 2.44 bits per heavy atom. The lowest BCUT2D eigenvalue weighted by Gasteiger charge is -2.44. The third kappa shape index (κ3) is 2.68. The molecule has 0 radical (unpaired) electrons. The SMILES string of the molecule is COc1ccccc1C1(O)CC2CCC(C1)N2C(=O)c1ccncc1. The maximum atomic E-state index is 12.9. The number of ether oxygens (including phenoxy) is 1. The van der Waals surface area contributed by atoms with Crippen LogP contribution < -0.4 is 4.74 Å². The molecule has 2 fully saturated rings. The largest absolute Gasteiger partial charge is 0.496 e. The molecule has 1 amide bonds. The van der Waals surface area contributed by atoms with Crippen LogP contribution in [0, 0.1) is 0 Å². The summed E-state index contributed by atoms with van der Waals surface area (Å²) in [7, 11) is 1.62. The van der Waals surface area contributed by atoms with Crippen molar-refractivity contribution in [2.45, 2.75) is 43.4 Å². The topological polar surface area (TPSA) is 62.7 Å². The Balaban J connectivity index is 1.63. The number of methoxy groups -OCH3 is 1. The van der Waals surface area contributed by atoms with Gasteiger partial charge in [0.2, 0.25) is 0 Å². The van der Waals surface area contributed by atoms with Crippen LogP contribution in [0.1, 0.15) is 41.6 Å². The highest BCUT2D eigenvalue weighted by Gasteiger charge is 2.50. The highest BCUT2D eigenvalue weighted by Crippen LogP contribution is 2.48. The first-order valence-corrected chi connectivity index (χ1v) is 8.71. The second-order valence-corrected chi connectivity index (χ2v) is 6.97. The summed E-state index contributed by atoms with van der Waals surface area (Å²) in [5, 5.41) is 11.4. The highest BCUT2D eigenvalue weighted by molar-refractivity contribution is 5.94. The summed E-state index contributed by atoms with van der Waals surface area (Å²) in [6, 6.07) is 11.2. The summed E-state index contributed by atoms with van der Waals surface area (Å²) < 4.78 is 5.45. The van der Waals surface area contributed by atoms with Crippen molar-refractivity contribution >= 4 is 5.91 Å². The van der Waals surface area contributed by atoms with E-state index >= 15 is 0 Å². The van der Waals surface area contributed by atoms with E-state index < -0.39 is 5.60 Å². The van der Waals surface area contributed by atoms with Crippen LogP contribution in [-0.4, -0.2) is 40.1 Å². The zero-order valence-electron chi connectivity index (χ0n) is 14.3. The fourth-order valence-corrected chi connectivity index (χ4v) is 4.45. The monoisotopic (exact) mass is 338 g/mol. The number of hydrogen-bond acceptors (Lipinski definition) is 4. The first-order chi connectivity index (χ1) is 12.1. The third-order valence-corrected chi connectivity index (χ3v) is 5.54. The number of piperidine rings is 1. The van der Waals surface area contributed by atoms with Gasteiger partial charge in [-0.2, -0.15) is 0 Å². The molecule has 5 heteroatoms. The Morgan fingerprint density at radius 1 is 1.16 bits per heavy atom. The number of carbonyl (C=O) groups is 1. The average Bonchev–Trinajstić information content (AvgIpc) is 2.93. The van der Waals surface area contributed by atoms with Gasteiger partial charge in [-0.1, -0.05) is 18.2 Å². The number of carbonyl (C=O) groups excluding carboxylic acids is 1. The number of amides is 1. The molecule has 2 aliphatic heterocycles. The molecule has 25 heavy (non-hydrogen) atoms. The lowest BCUT2D eigenvalue weighted by Crippen LogP contribution is -2.52. The number of hydrogen-bond donors (Lipinski definition) is 1. The van der Waals surface area contributed by atoms with E-state index in [1.807, 2.05) is 29.2 Å². The first kappa shape index (κ1) is 16.1. The first-order valence-electron chi connectivity index (χ1n) is 8.71. The van der Waals surface area contributed by atoms with Crippen LogP contribution in [0.5, 0.6) is 5.75 Å². The fraction of sp³-hybridized carbons (Fsp3) is 0.400. The van der Waals surface area contributed by atoms with Gasteiger partial charge in [-0.15, -0.1) is 0 Å². The maximum Gasteiger partial charge on any atom is 0.254 e. The Morgan fingerprint density at radius 2 is 1.80 bits per heavy atom. The lowest BCUT2D eigenvalue weighted by atomic mass is 9.80. The van der Waals surface area contributed by atoms with Crippen molar-refractivity contribution in [1.29, 1.82) is 0 Å². The van der Waals surface area contributed by atoms with Crippen molar-refractivity contribution in [3.8, 4) is 5.75 Å². The number of rotatable bonds is 3. The zero-order chi connectivity index (χ0) is 17.4. The minimum absolute atomic E-state index is 0.0389. The van der Waals surface area contributed by atoms with E-state index in [1.165, 1.54) is 0 Å². The van der Waals surface area contributed by atoms with E-state index in [1.54, 1.807) is 31.6 Å². The van der Waals surface area contributed by atoms with E-state index in [4.69, 9.17) is 4.74 Å². The number of aliphatic hydroxyl groups is 1. The van der Waals surface area contributed by atoms with Gasteiger partial charge in [0.25, 0.3) is 5.91 Å². The van der Waals surface area contributed by atoms with Crippen molar-refractivity contribution in [2.75, 3.05) is 7.11 Å². The summed E-state index contributed by atoms with van der Waals surface area (Å²) in [6.07, 6.45) is 6.23. The average molecular weight is 338 g/mol. The number of pyridine rings is 1. The van der Waals surface area contributed by atoms with Crippen molar-refractivity contribution in [3.05, 3.63) is 59.9 Å². The van der Waals surface area contributed by atoms with Crippen LogP contribution in [0.15, 0.2) is 48.8 Å². The molecule has 1 aromatic carbocycles. The molecular formula is C20H22N2O3. The van der Waals surface area contributed by atoms with E-state index in [-0.39, 0.29) is 18.0 Å². The van der Waals surface area contributed by atoms with Gasteiger partial charge in [-0.25, -0.2) is 0 Å². The molecule has 1 aromatic heterocycles. The Hall–Kier alpha value is -2.40. The van der Waals surface area contributed by atoms with Crippen LogP contribution in [0.2, 0.25) is 0 Å². The van der Waals surface area contributed by atoms with Crippen LogP contribution >= 0.6 is 0 Å². The van der Waals surface area contributed by atoms with Crippen molar-refractivity contribution < 1.29 is 14.6 Å². The van der Waals surface area contributed by atoms with Gasteiger partial charge in [-0.05, 0) is 31.0 Å². The summed E-state index contributed by atoms with van der Waals surface area (Å²) in [5.74, 6) is 0.746. The van der Waals surface area contributed by atoms with Crippen LogP contribution in [0.25, 0.3) is 0 Å².